The molecule has 0 spiro atoms. The van der Waals surface area contributed by atoms with Crippen molar-refractivity contribution in [3.63, 3.8) is 0 Å². The summed E-state index contributed by atoms with van der Waals surface area (Å²) in [5.74, 6) is 0.602. The predicted molar refractivity (Wildman–Crippen MR) is 70.1 cm³/mol. The van der Waals surface area contributed by atoms with Gasteiger partial charge in [-0.15, -0.1) is 0 Å². The second-order valence-electron chi connectivity index (χ2n) is 3.93. The molecule has 0 saturated heterocycles. The minimum atomic E-state index is 0.0299. The van der Waals surface area contributed by atoms with Gasteiger partial charge in [0.1, 0.15) is 5.75 Å². The smallest absolute Gasteiger partial charge is 0.173 e. The Morgan fingerprint density at radius 3 is 2.83 bits per heavy atom. The molecule has 0 heterocycles. The molecule has 0 aromatic heterocycles. The van der Waals surface area contributed by atoms with E-state index < -0.39 is 0 Å². The summed E-state index contributed by atoms with van der Waals surface area (Å²) in [5, 5.41) is 11.7. The summed E-state index contributed by atoms with van der Waals surface area (Å²) in [7, 11) is 1.54. The van der Waals surface area contributed by atoms with E-state index in [1.54, 1.807) is 19.2 Å². The van der Waals surface area contributed by atoms with Crippen molar-refractivity contribution in [1.29, 1.82) is 0 Å². The average Bonchev–Trinajstić information content (AvgIpc) is 2.42. The molecule has 0 amide bonds. The molecule has 0 saturated carbocycles. The van der Waals surface area contributed by atoms with Crippen molar-refractivity contribution < 1.29 is 14.7 Å². The van der Waals surface area contributed by atoms with Crippen molar-refractivity contribution in [2.45, 2.75) is 26.4 Å². The lowest BCUT2D eigenvalue weighted by molar-refractivity contribution is 0.118. The number of methoxy groups -OCH3 is 1. The van der Waals surface area contributed by atoms with Crippen LogP contribution in [0.4, 0.5) is 0 Å². The molecule has 0 aliphatic heterocycles. The lowest BCUT2D eigenvalue weighted by atomic mass is 10.1. The molecule has 0 fully saturated rings. The average molecular weight is 252 g/mol. The Kier molecular flexibility index (Phi) is 6.00. The van der Waals surface area contributed by atoms with Crippen LogP contribution < -0.4 is 10.5 Å². The van der Waals surface area contributed by atoms with E-state index in [-0.39, 0.29) is 5.84 Å². The van der Waals surface area contributed by atoms with Gasteiger partial charge in [0, 0.05) is 6.61 Å². The standard InChI is InChI=1S/C13H20N2O3/c1-3-4-7-18-9-10-5-6-12(17-2)11(8-10)13(14)15-16/h5-6,8,16H,3-4,7,9H2,1-2H3,(H2,14,15). The first-order valence-corrected chi connectivity index (χ1v) is 5.95. The minimum Gasteiger partial charge on any atom is -0.496 e. The Hall–Kier alpha value is -1.75. The van der Waals surface area contributed by atoms with E-state index in [1.165, 1.54) is 0 Å². The number of oxime groups is 1. The van der Waals surface area contributed by atoms with Gasteiger partial charge in [0.25, 0.3) is 0 Å². The van der Waals surface area contributed by atoms with Gasteiger partial charge in [-0.2, -0.15) is 0 Å². The largest absolute Gasteiger partial charge is 0.496 e. The van der Waals surface area contributed by atoms with Crippen molar-refractivity contribution in [2.24, 2.45) is 10.9 Å². The zero-order valence-electron chi connectivity index (χ0n) is 10.8. The van der Waals surface area contributed by atoms with E-state index in [4.69, 9.17) is 20.4 Å². The molecule has 0 aliphatic carbocycles. The van der Waals surface area contributed by atoms with Crippen LogP contribution in [-0.4, -0.2) is 24.8 Å². The maximum absolute atomic E-state index is 8.72. The van der Waals surface area contributed by atoms with Crippen LogP contribution in [0.1, 0.15) is 30.9 Å². The maximum Gasteiger partial charge on any atom is 0.173 e. The molecule has 1 rings (SSSR count). The van der Waals surface area contributed by atoms with Crippen LogP contribution in [0.3, 0.4) is 0 Å². The number of rotatable bonds is 7. The molecular formula is C13H20N2O3. The number of hydrogen-bond donors (Lipinski definition) is 2. The number of amidine groups is 1. The number of nitrogens with two attached hydrogens (primary N) is 1. The Balaban J connectivity index is 2.76. The van der Waals surface area contributed by atoms with Crippen molar-refractivity contribution in [3.8, 4) is 5.75 Å². The fraction of sp³-hybridized carbons (Fsp3) is 0.462. The lowest BCUT2D eigenvalue weighted by Crippen LogP contribution is -2.15. The van der Waals surface area contributed by atoms with Gasteiger partial charge in [-0.1, -0.05) is 24.6 Å². The first-order valence-electron chi connectivity index (χ1n) is 5.95. The minimum absolute atomic E-state index is 0.0299. The van der Waals surface area contributed by atoms with Crippen molar-refractivity contribution in [2.75, 3.05) is 13.7 Å². The first-order chi connectivity index (χ1) is 8.72. The lowest BCUT2D eigenvalue weighted by Gasteiger charge is -2.10. The SMILES string of the molecule is CCCCOCc1ccc(OC)c(/C(N)=N/O)c1. The Labute approximate surface area is 107 Å². The zero-order valence-corrected chi connectivity index (χ0v) is 10.8. The molecule has 1 aromatic rings. The van der Waals surface area contributed by atoms with E-state index in [2.05, 4.69) is 12.1 Å². The second-order valence-corrected chi connectivity index (χ2v) is 3.93. The predicted octanol–water partition coefficient (Wildman–Crippen LogP) is 2.11. The molecule has 0 unspecified atom stereocenters. The number of benzene rings is 1. The van der Waals surface area contributed by atoms with Gasteiger partial charge < -0.3 is 20.4 Å². The third kappa shape index (κ3) is 3.92. The monoisotopic (exact) mass is 252 g/mol. The Morgan fingerprint density at radius 2 is 2.22 bits per heavy atom. The highest BCUT2D eigenvalue weighted by molar-refractivity contribution is 5.99. The fourth-order valence-corrected chi connectivity index (χ4v) is 1.54. The fourth-order valence-electron chi connectivity index (χ4n) is 1.54. The van der Waals surface area contributed by atoms with Gasteiger partial charge in [0.15, 0.2) is 5.84 Å². The summed E-state index contributed by atoms with van der Waals surface area (Å²) in [4.78, 5) is 0. The number of unbranched alkanes of at least 4 members (excludes halogenated alkanes) is 1. The quantitative estimate of drug-likeness (QED) is 0.256. The third-order valence-corrected chi connectivity index (χ3v) is 2.56. The van der Waals surface area contributed by atoms with E-state index in [0.717, 1.165) is 25.0 Å². The summed E-state index contributed by atoms with van der Waals surface area (Å²) >= 11 is 0. The number of nitrogens with zero attached hydrogens (tertiary/aromatic N) is 1. The second kappa shape index (κ2) is 7.55. The molecule has 5 nitrogen and oxygen atoms in total. The van der Waals surface area contributed by atoms with Gasteiger partial charge >= 0.3 is 0 Å². The van der Waals surface area contributed by atoms with E-state index in [1.807, 2.05) is 6.07 Å². The molecule has 18 heavy (non-hydrogen) atoms. The van der Waals surface area contributed by atoms with Crippen molar-refractivity contribution >= 4 is 5.84 Å². The summed E-state index contributed by atoms with van der Waals surface area (Å²) < 4.78 is 10.7. The highest BCUT2D eigenvalue weighted by atomic mass is 16.5. The molecular weight excluding hydrogens is 232 g/mol. The summed E-state index contributed by atoms with van der Waals surface area (Å²) in [5.41, 5.74) is 7.13. The van der Waals surface area contributed by atoms with Crippen LogP contribution in [-0.2, 0) is 11.3 Å². The van der Waals surface area contributed by atoms with E-state index in [9.17, 15) is 0 Å². The van der Waals surface area contributed by atoms with Crippen LogP contribution in [0.15, 0.2) is 23.4 Å². The van der Waals surface area contributed by atoms with Crippen LogP contribution in [0.2, 0.25) is 0 Å². The normalized spacial score (nSPS) is 11.6. The van der Waals surface area contributed by atoms with Gasteiger partial charge in [-0.3, -0.25) is 0 Å². The molecule has 1 aromatic carbocycles. The third-order valence-electron chi connectivity index (χ3n) is 2.56. The molecule has 0 aliphatic rings. The summed E-state index contributed by atoms with van der Waals surface area (Å²) in [6.45, 7) is 3.37. The number of hydrogen-bond acceptors (Lipinski definition) is 4. The Bertz CT molecular complexity index is 405. The highest BCUT2D eigenvalue weighted by Crippen LogP contribution is 2.20. The van der Waals surface area contributed by atoms with Crippen molar-refractivity contribution in [3.05, 3.63) is 29.3 Å². The first kappa shape index (κ1) is 14.3. The van der Waals surface area contributed by atoms with Crippen LogP contribution in [0, 0.1) is 0 Å². The van der Waals surface area contributed by atoms with Gasteiger partial charge in [0.2, 0.25) is 0 Å². The number of ether oxygens (including phenoxy) is 2. The van der Waals surface area contributed by atoms with E-state index in [0.29, 0.717) is 17.9 Å². The van der Waals surface area contributed by atoms with Gasteiger partial charge in [-0.05, 0) is 24.1 Å². The van der Waals surface area contributed by atoms with Gasteiger partial charge in [-0.25, -0.2) is 0 Å². The highest BCUT2D eigenvalue weighted by Gasteiger charge is 2.08. The topological polar surface area (TPSA) is 77.1 Å². The van der Waals surface area contributed by atoms with E-state index >= 15 is 0 Å². The molecule has 3 N–H and O–H groups in total. The summed E-state index contributed by atoms with van der Waals surface area (Å²) in [6.07, 6.45) is 2.15. The van der Waals surface area contributed by atoms with Crippen LogP contribution >= 0.6 is 0 Å². The zero-order chi connectivity index (χ0) is 13.4. The summed E-state index contributed by atoms with van der Waals surface area (Å²) in [6, 6.07) is 5.49. The Morgan fingerprint density at radius 1 is 1.44 bits per heavy atom. The maximum atomic E-state index is 8.72. The van der Waals surface area contributed by atoms with Gasteiger partial charge in [0.05, 0.1) is 19.3 Å². The molecule has 0 atom stereocenters. The van der Waals surface area contributed by atoms with Crippen LogP contribution in [0.25, 0.3) is 0 Å². The molecule has 0 radical (unpaired) electrons. The van der Waals surface area contributed by atoms with Crippen molar-refractivity contribution in [1.82, 2.24) is 0 Å². The molecule has 100 valence electrons. The van der Waals surface area contributed by atoms with Crippen LogP contribution in [0.5, 0.6) is 5.75 Å². The molecule has 0 bridgehead atoms. The molecule has 5 heteroatoms.